The summed E-state index contributed by atoms with van der Waals surface area (Å²) in [6, 6.07) is 20.1. The highest BCUT2D eigenvalue weighted by atomic mass is 32.1. The van der Waals surface area contributed by atoms with Gasteiger partial charge in [-0.2, -0.15) is 0 Å². The van der Waals surface area contributed by atoms with Crippen LogP contribution in [-0.4, -0.2) is 10.9 Å². The number of carbonyl (C=O) groups is 1. The van der Waals surface area contributed by atoms with Crippen LogP contribution in [0.3, 0.4) is 0 Å². The van der Waals surface area contributed by atoms with Crippen molar-refractivity contribution in [1.82, 2.24) is 4.98 Å². The molecule has 0 bridgehead atoms. The minimum atomic E-state index is -0.0161. The summed E-state index contributed by atoms with van der Waals surface area (Å²) in [5.41, 5.74) is 2.76. The van der Waals surface area contributed by atoms with Gasteiger partial charge >= 0.3 is 0 Å². The number of carbonyl (C=O) groups excluding carboxylic acids is 1. The number of benzene rings is 3. The van der Waals surface area contributed by atoms with Crippen molar-refractivity contribution in [2.24, 2.45) is 0 Å². The van der Waals surface area contributed by atoms with Crippen LogP contribution in [0.1, 0.15) is 10.6 Å². The van der Waals surface area contributed by atoms with Gasteiger partial charge in [0.15, 0.2) is 0 Å². The molecule has 0 saturated carbocycles. The molecule has 1 heterocycles. The fraction of sp³-hybridized carbons (Fsp3) is 0.100. The maximum absolute atomic E-state index is 12.4. The summed E-state index contributed by atoms with van der Waals surface area (Å²) in [6.45, 7) is 1.99. The molecular weight excluding hydrogens is 316 g/mol. The molecule has 1 amide bonds. The first-order valence-electron chi connectivity index (χ1n) is 7.83. The fourth-order valence-electron chi connectivity index (χ4n) is 2.95. The van der Waals surface area contributed by atoms with E-state index < -0.39 is 0 Å². The van der Waals surface area contributed by atoms with Gasteiger partial charge in [-0.3, -0.25) is 4.79 Å². The Kier molecular flexibility index (Phi) is 3.75. The van der Waals surface area contributed by atoms with Crippen LogP contribution in [0, 0.1) is 6.92 Å². The van der Waals surface area contributed by atoms with Gasteiger partial charge in [0, 0.05) is 5.69 Å². The molecule has 0 unspecified atom stereocenters. The summed E-state index contributed by atoms with van der Waals surface area (Å²) >= 11 is 1.66. The Bertz CT molecular complexity index is 1050. The Labute approximate surface area is 144 Å². The minimum absolute atomic E-state index is 0.0161. The molecule has 3 nitrogen and oxygen atoms in total. The summed E-state index contributed by atoms with van der Waals surface area (Å²) in [5, 5.41) is 6.29. The zero-order valence-electron chi connectivity index (χ0n) is 13.2. The van der Waals surface area contributed by atoms with Gasteiger partial charge in [0.2, 0.25) is 5.91 Å². The molecule has 0 radical (unpaired) electrons. The number of nitrogens with zero attached hydrogens (tertiary/aromatic N) is 1. The van der Waals surface area contributed by atoms with Gasteiger partial charge in [-0.1, -0.05) is 42.5 Å². The second kappa shape index (κ2) is 6.06. The lowest BCUT2D eigenvalue weighted by molar-refractivity contribution is -0.115. The topological polar surface area (TPSA) is 42.0 Å². The largest absolute Gasteiger partial charge is 0.326 e. The molecule has 3 aromatic carbocycles. The number of nitrogens with one attached hydrogen (secondary N) is 1. The highest BCUT2D eigenvalue weighted by Gasteiger charge is 2.08. The number of fused-ring (bicyclic) bond motifs is 2. The molecular formula is C20H16N2OS. The second-order valence-electron chi connectivity index (χ2n) is 5.78. The number of thiazole rings is 1. The lowest BCUT2D eigenvalue weighted by atomic mass is 10.0. The van der Waals surface area contributed by atoms with Gasteiger partial charge in [-0.15, -0.1) is 11.3 Å². The highest BCUT2D eigenvalue weighted by Crippen LogP contribution is 2.25. The molecule has 0 atom stereocenters. The molecule has 0 spiro atoms. The van der Waals surface area contributed by atoms with E-state index >= 15 is 0 Å². The van der Waals surface area contributed by atoms with Crippen molar-refractivity contribution in [1.29, 1.82) is 0 Å². The van der Waals surface area contributed by atoms with Gasteiger partial charge in [0.05, 0.1) is 21.6 Å². The second-order valence-corrected chi connectivity index (χ2v) is 7.01. The van der Waals surface area contributed by atoms with Gasteiger partial charge in [0.25, 0.3) is 0 Å². The van der Waals surface area contributed by atoms with E-state index in [1.165, 1.54) is 0 Å². The number of amides is 1. The van der Waals surface area contributed by atoms with Crippen LogP contribution in [0.15, 0.2) is 60.7 Å². The number of aromatic nitrogens is 1. The summed E-state index contributed by atoms with van der Waals surface area (Å²) < 4.78 is 1.14. The summed E-state index contributed by atoms with van der Waals surface area (Å²) in [7, 11) is 0. The smallest absolute Gasteiger partial charge is 0.228 e. The van der Waals surface area contributed by atoms with Crippen LogP contribution in [0.4, 0.5) is 5.69 Å². The van der Waals surface area contributed by atoms with Crippen LogP contribution in [-0.2, 0) is 11.2 Å². The van der Waals surface area contributed by atoms with E-state index in [4.69, 9.17) is 0 Å². The summed E-state index contributed by atoms with van der Waals surface area (Å²) in [6.07, 6.45) is 0.357. The Morgan fingerprint density at radius 2 is 1.92 bits per heavy atom. The third-order valence-corrected chi connectivity index (χ3v) is 4.96. The Morgan fingerprint density at radius 3 is 2.83 bits per heavy atom. The van der Waals surface area contributed by atoms with E-state index in [1.807, 2.05) is 49.4 Å². The molecule has 4 rings (SSSR count). The monoisotopic (exact) mass is 332 g/mol. The van der Waals surface area contributed by atoms with Crippen LogP contribution in [0.2, 0.25) is 0 Å². The molecule has 1 aromatic heterocycles. The van der Waals surface area contributed by atoms with Crippen molar-refractivity contribution >= 4 is 43.9 Å². The van der Waals surface area contributed by atoms with E-state index in [0.717, 1.165) is 37.2 Å². The molecule has 118 valence electrons. The van der Waals surface area contributed by atoms with E-state index in [1.54, 1.807) is 11.3 Å². The molecule has 1 N–H and O–H groups in total. The molecule has 0 aliphatic carbocycles. The van der Waals surface area contributed by atoms with E-state index in [0.29, 0.717) is 6.42 Å². The number of anilines is 1. The average Bonchev–Trinajstić information content (AvgIpc) is 2.94. The quantitative estimate of drug-likeness (QED) is 0.577. The van der Waals surface area contributed by atoms with Crippen LogP contribution in [0.5, 0.6) is 0 Å². The van der Waals surface area contributed by atoms with Crippen LogP contribution < -0.4 is 5.32 Å². The Hall–Kier alpha value is -2.72. The number of aryl methyl sites for hydroxylation is 1. The van der Waals surface area contributed by atoms with Crippen LogP contribution in [0.25, 0.3) is 21.0 Å². The third-order valence-electron chi connectivity index (χ3n) is 4.01. The lowest BCUT2D eigenvalue weighted by Crippen LogP contribution is -2.14. The van der Waals surface area contributed by atoms with Crippen molar-refractivity contribution in [2.45, 2.75) is 13.3 Å². The van der Waals surface area contributed by atoms with Gasteiger partial charge in [-0.05, 0) is 41.5 Å². The van der Waals surface area contributed by atoms with Crippen molar-refractivity contribution in [3.05, 3.63) is 71.2 Å². The third kappa shape index (κ3) is 2.88. The summed E-state index contributed by atoms with van der Waals surface area (Å²) in [5.74, 6) is -0.0161. The van der Waals surface area contributed by atoms with Crippen molar-refractivity contribution in [3.63, 3.8) is 0 Å². The molecule has 0 fully saturated rings. The zero-order valence-corrected chi connectivity index (χ0v) is 14.1. The molecule has 4 aromatic rings. The van der Waals surface area contributed by atoms with Crippen molar-refractivity contribution < 1.29 is 4.79 Å². The minimum Gasteiger partial charge on any atom is -0.326 e. The molecule has 24 heavy (non-hydrogen) atoms. The highest BCUT2D eigenvalue weighted by molar-refractivity contribution is 7.18. The predicted octanol–water partition coefficient (Wildman–Crippen LogP) is 4.94. The number of hydrogen-bond acceptors (Lipinski definition) is 3. The SMILES string of the molecule is Cc1nc2cc(NC(=O)Cc3cccc4ccccc34)ccc2s1. The van der Waals surface area contributed by atoms with Crippen molar-refractivity contribution in [2.75, 3.05) is 5.32 Å². The predicted molar refractivity (Wildman–Crippen MR) is 101 cm³/mol. The maximum atomic E-state index is 12.4. The zero-order chi connectivity index (χ0) is 16.5. The first-order chi connectivity index (χ1) is 11.7. The first-order valence-corrected chi connectivity index (χ1v) is 8.64. The van der Waals surface area contributed by atoms with Crippen molar-refractivity contribution in [3.8, 4) is 0 Å². The Balaban J connectivity index is 1.56. The fourth-order valence-corrected chi connectivity index (χ4v) is 3.75. The lowest BCUT2D eigenvalue weighted by Gasteiger charge is -2.08. The molecule has 0 aliphatic rings. The van der Waals surface area contributed by atoms with Gasteiger partial charge in [0.1, 0.15) is 0 Å². The van der Waals surface area contributed by atoms with Gasteiger partial charge in [-0.25, -0.2) is 4.98 Å². The van der Waals surface area contributed by atoms with Crippen LogP contribution >= 0.6 is 11.3 Å². The molecule has 0 aliphatic heterocycles. The first kappa shape index (κ1) is 14.8. The maximum Gasteiger partial charge on any atom is 0.228 e. The number of hydrogen-bond donors (Lipinski definition) is 1. The normalized spacial score (nSPS) is 11.0. The summed E-state index contributed by atoms with van der Waals surface area (Å²) in [4.78, 5) is 16.9. The standard InChI is InChI=1S/C20H16N2OS/c1-13-21-18-12-16(9-10-19(18)24-13)22-20(23)11-15-7-4-6-14-5-2-3-8-17(14)15/h2-10,12H,11H2,1H3,(H,22,23). The van der Waals surface area contributed by atoms with E-state index in [9.17, 15) is 4.79 Å². The molecule has 4 heteroatoms. The van der Waals surface area contributed by atoms with Gasteiger partial charge < -0.3 is 5.32 Å². The number of rotatable bonds is 3. The van der Waals surface area contributed by atoms with E-state index in [-0.39, 0.29) is 5.91 Å². The van der Waals surface area contributed by atoms with E-state index in [2.05, 4.69) is 28.5 Å². The Morgan fingerprint density at radius 1 is 1.08 bits per heavy atom. The molecule has 0 saturated heterocycles. The average molecular weight is 332 g/mol.